The van der Waals surface area contributed by atoms with Crippen molar-refractivity contribution >= 4 is 35.2 Å². The first-order valence-electron chi connectivity index (χ1n) is 8.47. The molecule has 6 nitrogen and oxygen atoms in total. The van der Waals surface area contributed by atoms with Gasteiger partial charge in [-0.3, -0.25) is 9.59 Å². The lowest BCUT2D eigenvalue weighted by molar-refractivity contribution is -0.119. The molecule has 0 radical (unpaired) electrons. The van der Waals surface area contributed by atoms with Crippen molar-refractivity contribution in [3.05, 3.63) is 65.7 Å². The lowest BCUT2D eigenvalue weighted by Gasteiger charge is -2.08. The summed E-state index contributed by atoms with van der Waals surface area (Å²) in [6.07, 6.45) is 3.05. The van der Waals surface area contributed by atoms with E-state index in [0.29, 0.717) is 16.9 Å². The van der Waals surface area contributed by atoms with Crippen molar-refractivity contribution in [3.8, 4) is 0 Å². The number of ether oxygens (including phenoxy) is 1. The standard InChI is InChI=1S/C21H22N2O4/c1-14(2)20(25)23-18-11-9-17(10-12-18)22-19(24)13-6-15-4-7-16(8-5-15)21(26)27-3/h4-14H,1-3H3,(H,22,24)(H,23,25)/b13-6+. The monoisotopic (exact) mass is 366 g/mol. The first kappa shape index (κ1) is 19.9. The molecule has 2 aromatic carbocycles. The van der Waals surface area contributed by atoms with Crippen LogP contribution in [-0.2, 0) is 14.3 Å². The minimum Gasteiger partial charge on any atom is -0.465 e. The van der Waals surface area contributed by atoms with Crippen molar-refractivity contribution < 1.29 is 19.1 Å². The molecule has 6 heteroatoms. The number of anilines is 2. The van der Waals surface area contributed by atoms with Crippen LogP contribution in [0, 0.1) is 5.92 Å². The molecule has 0 spiro atoms. The summed E-state index contributed by atoms with van der Waals surface area (Å²) < 4.78 is 4.64. The fourth-order valence-electron chi connectivity index (χ4n) is 2.13. The number of rotatable bonds is 6. The second-order valence-electron chi connectivity index (χ2n) is 6.16. The quantitative estimate of drug-likeness (QED) is 0.603. The van der Waals surface area contributed by atoms with Gasteiger partial charge < -0.3 is 15.4 Å². The van der Waals surface area contributed by atoms with Gasteiger partial charge in [-0.2, -0.15) is 0 Å². The van der Waals surface area contributed by atoms with Crippen LogP contribution in [0.5, 0.6) is 0 Å². The molecule has 0 aromatic heterocycles. The molecule has 0 saturated heterocycles. The fourth-order valence-corrected chi connectivity index (χ4v) is 2.13. The van der Waals surface area contributed by atoms with E-state index < -0.39 is 5.97 Å². The highest BCUT2D eigenvalue weighted by Crippen LogP contribution is 2.15. The molecule has 0 heterocycles. The molecule has 2 N–H and O–H groups in total. The molecule has 0 fully saturated rings. The van der Waals surface area contributed by atoms with Gasteiger partial charge in [-0.25, -0.2) is 4.79 Å². The smallest absolute Gasteiger partial charge is 0.337 e. The Morgan fingerprint density at radius 2 is 1.44 bits per heavy atom. The Bertz CT molecular complexity index is 837. The van der Waals surface area contributed by atoms with Gasteiger partial charge in [0.15, 0.2) is 0 Å². The van der Waals surface area contributed by atoms with Gasteiger partial charge in [0.2, 0.25) is 11.8 Å². The molecule has 0 aliphatic heterocycles. The highest BCUT2D eigenvalue weighted by molar-refractivity contribution is 6.02. The lowest BCUT2D eigenvalue weighted by atomic mass is 10.1. The van der Waals surface area contributed by atoms with Gasteiger partial charge in [0.25, 0.3) is 0 Å². The van der Waals surface area contributed by atoms with Gasteiger partial charge in [0.1, 0.15) is 0 Å². The average molecular weight is 366 g/mol. The van der Waals surface area contributed by atoms with Crippen molar-refractivity contribution in [1.29, 1.82) is 0 Å². The number of hydrogen-bond donors (Lipinski definition) is 2. The minimum atomic E-state index is -0.406. The lowest BCUT2D eigenvalue weighted by Crippen LogP contribution is -2.17. The van der Waals surface area contributed by atoms with Crippen molar-refractivity contribution in [3.63, 3.8) is 0 Å². The molecule has 2 rings (SSSR count). The number of amides is 2. The summed E-state index contributed by atoms with van der Waals surface area (Å²) in [5.74, 6) is -0.855. The maximum absolute atomic E-state index is 12.0. The fraction of sp³-hybridized carbons (Fsp3) is 0.190. The number of carbonyl (C=O) groups is 3. The molecule has 0 saturated carbocycles. The zero-order valence-corrected chi connectivity index (χ0v) is 15.5. The van der Waals surface area contributed by atoms with E-state index in [4.69, 9.17) is 0 Å². The Balaban J connectivity index is 1.92. The van der Waals surface area contributed by atoms with Crippen LogP contribution in [0.25, 0.3) is 6.08 Å². The second-order valence-corrected chi connectivity index (χ2v) is 6.16. The predicted octanol–water partition coefficient (Wildman–Crippen LogP) is 3.72. The van der Waals surface area contributed by atoms with Gasteiger partial charge in [-0.1, -0.05) is 26.0 Å². The van der Waals surface area contributed by atoms with Gasteiger partial charge in [-0.05, 0) is 48.0 Å². The summed E-state index contributed by atoms with van der Waals surface area (Å²) in [7, 11) is 1.32. The van der Waals surface area contributed by atoms with Crippen LogP contribution < -0.4 is 10.6 Å². The van der Waals surface area contributed by atoms with Crippen LogP contribution in [0.2, 0.25) is 0 Å². The first-order valence-corrected chi connectivity index (χ1v) is 8.47. The van der Waals surface area contributed by atoms with Crippen molar-refractivity contribution in [2.24, 2.45) is 5.92 Å². The zero-order valence-electron chi connectivity index (χ0n) is 15.5. The summed E-state index contributed by atoms with van der Waals surface area (Å²) in [5.41, 5.74) is 2.52. The van der Waals surface area contributed by atoms with Crippen molar-refractivity contribution in [2.75, 3.05) is 17.7 Å². The van der Waals surface area contributed by atoms with E-state index in [1.807, 2.05) is 13.8 Å². The molecule has 0 unspecified atom stereocenters. The Hall–Kier alpha value is -3.41. The summed E-state index contributed by atoms with van der Waals surface area (Å²) in [6.45, 7) is 3.64. The van der Waals surface area contributed by atoms with E-state index in [0.717, 1.165) is 5.56 Å². The van der Waals surface area contributed by atoms with E-state index in [2.05, 4.69) is 15.4 Å². The maximum atomic E-state index is 12.0. The first-order chi connectivity index (χ1) is 12.9. The van der Waals surface area contributed by atoms with Crippen molar-refractivity contribution in [1.82, 2.24) is 0 Å². The number of nitrogens with one attached hydrogen (secondary N) is 2. The molecular weight excluding hydrogens is 344 g/mol. The van der Waals surface area contributed by atoms with Crippen LogP contribution >= 0.6 is 0 Å². The van der Waals surface area contributed by atoms with E-state index in [1.54, 1.807) is 54.6 Å². The zero-order chi connectivity index (χ0) is 19.8. The summed E-state index contributed by atoms with van der Waals surface area (Å²) in [4.78, 5) is 35.1. The Morgan fingerprint density at radius 1 is 0.889 bits per heavy atom. The number of carbonyl (C=O) groups excluding carboxylic acids is 3. The Morgan fingerprint density at radius 3 is 1.96 bits per heavy atom. The van der Waals surface area contributed by atoms with E-state index in [9.17, 15) is 14.4 Å². The molecule has 0 aliphatic rings. The van der Waals surface area contributed by atoms with E-state index >= 15 is 0 Å². The van der Waals surface area contributed by atoms with E-state index in [1.165, 1.54) is 13.2 Å². The normalized spacial score (nSPS) is 10.7. The largest absolute Gasteiger partial charge is 0.465 e. The third-order valence-electron chi connectivity index (χ3n) is 3.70. The number of esters is 1. The third kappa shape index (κ3) is 6.11. The topological polar surface area (TPSA) is 84.5 Å². The third-order valence-corrected chi connectivity index (χ3v) is 3.70. The van der Waals surface area contributed by atoms with Crippen LogP contribution in [0.15, 0.2) is 54.6 Å². The molecule has 0 bridgehead atoms. The van der Waals surface area contributed by atoms with Crippen LogP contribution in [-0.4, -0.2) is 24.9 Å². The number of benzene rings is 2. The maximum Gasteiger partial charge on any atom is 0.337 e. The molecule has 140 valence electrons. The highest BCUT2D eigenvalue weighted by Gasteiger charge is 2.07. The van der Waals surface area contributed by atoms with Gasteiger partial charge in [0.05, 0.1) is 12.7 Å². The number of methoxy groups -OCH3 is 1. The van der Waals surface area contributed by atoms with Gasteiger partial charge in [-0.15, -0.1) is 0 Å². The van der Waals surface area contributed by atoms with Crippen LogP contribution in [0.3, 0.4) is 0 Å². The van der Waals surface area contributed by atoms with Crippen LogP contribution in [0.1, 0.15) is 29.8 Å². The molecule has 2 aromatic rings. The Labute approximate surface area is 158 Å². The summed E-state index contributed by atoms with van der Waals surface area (Å²) in [6, 6.07) is 13.6. The molecular formula is C21H22N2O4. The summed E-state index contributed by atoms with van der Waals surface area (Å²) in [5, 5.41) is 5.53. The second kappa shape index (κ2) is 9.33. The Kier molecular flexibility index (Phi) is 6.88. The number of hydrogen-bond acceptors (Lipinski definition) is 4. The summed E-state index contributed by atoms with van der Waals surface area (Å²) >= 11 is 0. The van der Waals surface area contributed by atoms with E-state index in [-0.39, 0.29) is 17.7 Å². The van der Waals surface area contributed by atoms with Crippen molar-refractivity contribution in [2.45, 2.75) is 13.8 Å². The minimum absolute atomic E-state index is 0.0621. The molecule has 2 amide bonds. The van der Waals surface area contributed by atoms with Crippen LogP contribution in [0.4, 0.5) is 11.4 Å². The average Bonchev–Trinajstić information content (AvgIpc) is 2.67. The predicted molar refractivity (Wildman–Crippen MR) is 105 cm³/mol. The SMILES string of the molecule is COC(=O)c1ccc(/C=C/C(=O)Nc2ccc(NC(=O)C(C)C)cc2)cc1. The molecule has 0 aliphatic carbocycles. The van der Waals surface area contributed by atoms with Gasteiger partial charge >= 0.3 is 5.97 Å². The highest BCUT2D eigenvalue weighted by atomic mass is 16.5. The molecule has 27 heavy (non-hydrogen) atoms. The molecule has 0 atom stereocenters. The van der Waals surface area contributed by atoms with Gasteiger partial charge in [0, 0.05) is 23.4 Å².